The maximum atomic E-state index is 12.2. The minimum absolute atomic E-state index is 0.0883. The monoisotopic (exact) mass is 372 g/mol. The number of aliphatic hydroxyl groups excluding tert-OH is 1. The van der Waals surface area contributed by atoms with Crippen LogP contribution < -0.4 is 5.32 Å². The number of non-ortho nitro benzene ring substituents is 1. The Labute approximate surface area is 153 Å². The molecule has 132 valence electrons. The summed E-state index contributed by atoms with van der Waals surface area (Å²) in [4.78, 5) is 22.4. The number of nitrogens with one attached hydrogen (secondary N) is 1. The lowest BCUT2D eigenvalue weighted by Gasteiger charge is -2.08. The van der Waals surface area contributed by atoms with E-state index < -0.39 is 10.8 Å². The Bertz CT molecular complexity index is 966. The number of nitro benzene ring substituents is 1. The molecule has 0 bridgehead atoms. The number of hydrogen-bond donors (Lipinski definition) is 2. The molecule has 2 aromatic carbocycles. The summed E-state index contributed by atoms with van der Waals surface area (Å²) in [5.74, 6) is 0.517. The topological polar surface area (TPSA) is 106 Å². The van der Waals surface area contributed by atoms with Crippen molar-refractivity contribution < 1.29 is 19.2 Å². The number of rotatable bonds is 5. The summed E-state index contributed by atoms with van der Waals surface area (Å²) in [6, 6.07) is 13.5. The quantitative estimate of drug-likeness (QED) is 0.514. The van der Waals surface area contributed by atoms with Crippen LogP contribution in [0.4, 0.5) is 11.4 Å². The van der Waals surface area contributed by atoms with Crippen LogP contribution in [0.1, 0.15) is 16.1 Å². The van der Waals surface area contributed by atoms with Crippen molar-refractivity contribution in [2.75, 3.05) is 5.32 Å². The molecule has 0 unspecified atom stereocenters. The largest absolute Gasteiger partial charge is 0.459 e. The first-order chi connectivity index (χ1) is 12.5. The van der Waals surface area contributed by atoms with E-state index in [4.69, 9.17) is 21.1 Å². The number of nitrogens with zero attached hydrogens (tertiary/aromatic N) is 1. The van der Waals surface area contributed by atoms with E-state index in [1.807, 2.05) is 0 Å². The lowest BCUT2D eigenvalue weighted by atomic mass is 10.1. The third-order valence-electron chi connectivity index (χ3n) is 3.65. The molecule has 3 rings (SSSR count). The van der Waals surface area contributed by atoms with Gasteiger partial charge in [0.25, 0.3) is 11.6 Å². The zero-order valence-corrected chi connectivity index (χ0v) is 14.1. The van der Waals surface area contributed by atoms with Crippen LogP contribution in [0.25, 0.3) is 11.3 Å². The molecule has 0 spiro atoms. The number of nitro groups is 1. The average molecular weight is 373 g/mol. The van der Waals surface area contributed by atoms with Crippen LogP contribution in [0.3, 0.4) is 0 Å². The second-order valence-corrected chi connectivity index (χ2v) is 5.78. The number of carbonyl (C=O) groups excluding carboxylic acids is 1. The predicted octanol–water partition coefficient (Wildman–Crippen LogP) is 4.25. The number of anilines is 1. The van der Waals surface area contributed by atoms with Crippen LogP contribution in [0.2, 0.25) is 5.02 Å². The van der Waals surface area contributed by atoms with E-state index in [0.717, 1.165) is 0 Å². The molecular formula is C18H13ClN2O5. The normalized spacial score (nSPS) is 10.5. The van der Waals surface area contributed by atoms with Gasteiger partial charge in [-0.3, -0.25) is 14.9 Å². The first-order valence-electron chi connectivity index (χ1n) is 7.53. The van der Waals surface area contributed by atoms with E-state index in [1.165, 1.54) is 24.3 Å². The highest BCUT2D eigenvalue weighted by atomic mass is 35.5. The lowest BCUT2D eigenvalue weighted by Crippen LogP contribution is -2.11. The Morgan fingerprint density at radius 3 is 2.46 bits per heavy atom. The Morgan fingerprint density at radius 2 is 1.88 bits per heavy atom. The summed E-state index contributed by atoms with van der Waals surface area (Å²) in [5, 5.41) is 22.7. The second kappa shape index (κ2) is 7.38. The zero-order chi connectivity index (χ0) is 18.7. The van der Waals surface area contributed by atoms with Crippen LogP contribution in [0.15, 0.2) is 59.0 Å². The number of furan rings is 1. The summed E-state index contributed by atoms with van der Waals surface area (Å²) < 4.78 is 5.44. The molecule has 0 radical (unpaired) electrons. The van der Waals surface area contributed by atoms with Gasteiger partial charge in [-0.15, -0.1) is 0 Å². The maximum Gasteiger partial charge on any atom is 0.269 e. The van der Waals surface area contributed by atoms with Crippen molar-refractivity contribution in [3.63, 3.8) is 0 Å². The minimum atomic E-state index is -0.531. The Morgan fingerprint density at radius 1 is 1.15 bits per heavy atom. The minimum Gasteiger partial charge on any atom is -0.459 e. The summed E-state index contributed by atoms with van der Waals surface area (Å²) in [6.07, 6.45) is 0. The smallest absolute Gasteiger partial charge is 0.269 e. The molecule has 0 atom stereocenters. The summed E-state index contributed by atoms with van der Waals surface area (Å²) in [5.41, 5.74) is 1.29. The lowest BCUT2D eigenvalue weighted by molar-refractivity contribution is -0.384. The third-order valence-corrected chi connectivity index (χ3v) is 3.96. The molecule has 0 aliphatic heterocycles. The highest BCUT2D eigenvalue weighted by Crippen LogP contribution is 2.31. The highest BCUT2D eigenvalue weighted by molar-refractivity contribution is 6.33. The SMILES string of the molecule is O=C(Nc1ccc(-c2ccc(CO)o2)c(Cl)c1)c1ccc([N+](=O)[O-])cc1. The van der Waals surface area contributed by atoms with Gasteiger partial charge in [-0.2, -0.15) is 0 Å². The summed E-state index contributed by atoms with van der Waals surface area (Å²) >= 11 is 6.25. The first kappa shape index (κ1) is 17.7. The van der Waals surface area contributed by atoms with Crippen LogP contribution in [0.5, 0.6) is 0 Å². The van der Waals surface area contributed by atoms with Crippen molar-refractivity contribution >= 4 is 28.9 Å². The van der Waals surface area contributed by atoms with Gasteiger partial charge >= 0.3 is 0 Å². The van der Waals surface area contributed by atoms with Crippen molar-refractivity contribution in [1.29, 1.82) is 0 Å². The van der Waals surface area contributed by atoms with Crippen molar-refractivity contribution in [2.24, 2.45) is 0 Å². The third kappa shape index (κ3) is 3.74. The molecule has 7 nitrogen and oxygen atoms in total. The molecule has 0 fully saturated rings. The van der Waals surface area contributed by atoms with E-state index in [9.17, 15) is 14.9 Å². The van der Waals surface area contributed by atoms with Gasteiger partial charge in [0.05, 0.1) is 9.95 Å². The first-order valence-corrected chi connectivity index (χ1v) is 7.91. The fourth-order valence-electron chi connectivity index (χ4n) is 2.34. The van der Waals surface area contributed by atoms with Gasteiger partial charge < -0.3 is 14.8 Å². The molecular weight excluding hydrogens is 360 g/mol. The summed E-state index contributed by atoms with van der Waals surface area (Å²) in [7, 11) is 0. The molecule has 0 saturated heterocycles. The molecule has 1 aromatic heterocycles. The van der Waals surface area contributed by atoms with Crippen molar-refractivity contribution in [3.8, 4) is 11.3 Å². The van der Waals surface area contributed by atoms with Crippen LogP contribution in [-0.2, 0) is 6.61 Å². The Hall–Kier alpha value is -3.16. The van der Waals surface area contributed by atoms with Crippen LogP contribution in [0, 0.1) is 10.1 Å². The van der Waals surface area contributed by atoms with Crippen LogP contribution >= 0.6 is 11.6 Å². The van der Waals surface area contributed by atoms with Crippen molar-refractivity contribution in [3.05, 3.63) is 81.1 Å². The van der Waals surface area contributed by atoms with Gasteiger partial charge in [-0.1, -0.05) is 11.6 Å². The van der Waals surface area contributed by atoms with Gasteiger partial charge in [0.15, 0.2) is 0 Å². The Balaban J connectivity index is 1.76. The number of hydrogen-bond acceptors (Lipinski definition) is 5. The molecule has 26 heavy (non-hydrogen) atoms. The average Bonchev–Trinajstić information content (AvgIpc) is 3.10. The maximum absolute atomic E-state index is 12.2. The van der Waals surface area contributed by atoms with Gasteiger partial charge in [0.2, 0.25) is 0 Å². The van der Waals surface area contributed by atoms with E-state index in [2.05, 4.69) is 5.32 Å². The van der Waals surface area contributed by atoms with Gasteiger partial charge in [0.1, 0.15) is 18.1 Å². The predicted molar refractivity (Wildman–Crippen MR) is 96.1 cm³/mol. The zero-order valence-electron chi connectivity index (χ0n) is 13.3. The molecule has 8 heteroatoms. The number of carbonyl (C=O) groups is 1. The standard InChI is InChI=1S/C18H13ClN2O5/c19-16-9-12(3-7-15(16)17-8-6-14(10-22)26-17)20-18(23)11-1-4-13(5-2-11)21(24)25/h1-9,22H,10H2,(H,20,23). The van der Waals surface area contributed by atoms with E-state index >= 15 is 0 Å². The van der Waals surface area contributed by atoms with Crippen molar-refractivity contribution in [1.82, 2.24) is 0 Å². The molecule has 1 heterocycles. The van der Waals surface area contributed by atoms with Gasteiger partial charge in [-0.05, 0) is 42.5 Å². The molecule has 0 aliphatic rings. The fourth-order valence-corrected chi connectivity index (χ4v) is 2.61. The molecule has 1 amide bonds. The van der Waals surface area contributed by atoms with E-state index in [1.54, 1.807) is 30.3 Å². The fraction of sp³-hybridized carbons (Fsp3) is 0.0556. The summed E-state index contributed by atoms with van der Waals surface area (Å²) in [6.45, 7) is -0.207. The van der Waals surface area contributed by atoms with Gasteiger partial charge in [0, 0.05) is 28.9 Å². The van der Waals surface area contributed by atoms with Gasteiger partial charge in [-0.25, -0.2) is 0 Å². The van der Waals surface area contributed by atoms with Crippen LogP contribution in [-0.4, -0.2) is 15.9 Å². The van der Waals surface area contributed by atoms with Crippen molar-refractivity contribution in [2.45, 2.75) is 6.61 Å². The number of amides is 1. The molecule has 2 N–H and O–H groups in total. The molecule has 0 aliphatic carbocycles. The molecule has 0 saturated carbocycles. The number of halogens is 1. The second-order valence-electron chi connectivity index (χ2n) is 5.38. The Kier molecular flexibility index (Phi) is 5.01. The number of benzene rings is 2. The van der Waals surface area contributed by atoms with E-state index in [-0.39, 0.29) is 17.9 Å². The highest BCUT2D eigenvalue weighted by Gasteiger charge is 2.12. The number of aliphatic hydroxyl groups is 1. The molecule has 3 aromatic rings. The van der Waals surface area contributed by atoms with E-state index in [0.29, 0.717) is 27.8 Å².